The van der Waals surface area contributed by atoms with Crippen molar-refractivity contribution in [3.8, 4) is 39.5 Å². The topological polar surface area (TPSA) is 96.5 Å². The molecule has 0 spiro atoms. The number of ether oxygens (including phenoxy) is 2. The number of aromatic nitrogens is 2. The Bertz CT molecular complexity index is 2200. The molecule has 0 aliphatic rings. The van der Waals surface area contributed by atoms with Crippen molar-refractivity contribution >= 4 is 16.8 Å². The number of carbonyl (C=O) groups excluding carboxylic acids is 1. The molecule has 7 heteroatoms. The van der Waals surface area contributed by atoms with Crippen LogP contribution in [0, 0.1) is 0 Å². The van der Waals surface area contributed by atoms with Crippen LogP contribution in [0.2, 0.25) is 0 Å². The lowest BCUT2D eigenvalue weighted by Gasteiger charge is -2.14. The standard InChI is InChI=1S/C44H39N3O4/c48-43-17-8-7-15-37(43)44(49)45-26-10-9-16-41-40-27-38(33-18-22-35(23-19-33)50-29-31-11-3-1-4-12-31)39(28-42(40)47-46-41)34-20-24-36(25-21-34)51-30-32-13-5-2-6-14-32/h1-8,11-15,17-25,27-28,48H,9-10,16,26,29-30H2,(H,45,49)(H,46,47). The van der Waals surface area contributed by atoms with E-state index < -0.39 is 0 Å². The zero-order chi connectivity index (χ0) is 34.8. The maximum absolute atomic E-state index is 12.5. The van der Waals surface area contributed by atoms with E-state index in [1.54, 1.807) is 18.2 Å². The number of rotatable bonds is 14. The largest absolute Gasteiger partial charge is 0.507 e. The first-order valence-corrected chi connectivity index (χ1v) is 17.2. The van der Waals surface area contributed by atoms with E-state index in [1.807, 2.05) is 60.7 Å². The van der Waals surface area contributed by atoms with Crippen molar-refractivity contribution in [2.24, 2.45) is 0 Å². The number of para-hydroxylation sites is 1. The molecule has 0 bridgehead atoms. The van der Waals surface area contributed by atoms with Crippen LogP contribution in [0.4, 0.5) is 0 Å². The van der Waals surface area contributed by atoms with Crippen molar-refractivity contribution in [1.82, 2.24) is 15.5 Å². The van der Waals surface area contributed by atoms with Crippen molar-refractivity contribution in [1.29, 1.82) is 0 Å². The summed E-state index contributed by atoms with van der Waals surface area (Å²) < 4.78 is 12.2. The molecule has 1 aromatic heterocycles. The second-order valence-electron chi connectivity index (χ2n) is 12.4. The van der Waals surface area contributed by atoms with E-state index in [1.165, 1.54) is 6.07 Å². The highest BCUT2D eigenvalue weighted by molar-refractivity contribution is 5.97. The van der Waals surface area contributed by atoms with Crippen molar-refractivity contribution in [2.75, 3.05) is 6.54 Å². The van der Waals surface area contributed by atoms with Gasteiger partial charge in [-0.1, -0.05) is 97.1 Å². The van der Waals surface area contributed by atoms with Gasteiger partial charge in [-0.25, -0.2) is 0 Å². The Balaban J connectivity index is 1.10. The van der Waals surface area contributed by atoms with Gasteiger partial charge in [0.2, 0.25) is 0 Å². The summed E-state index contributed by atoms with van der Waals surface area (Å²) in [4.78, 5) is 12.5. The second kappa shape index (κ2) is 15.9. The average Bonchev–Trinajstić information content (AvgIpc) is 3.58. The number of hydrogen-bond donors (Lipinski definition) is 3. The Morgan fingerprint density at radius 3 is 1.78 bits per heavy atom. The Labute approximate surface area is 297 Å². The van der Waals surface area contributed by atoms with Gasteiger partial charge in [0, 0.05) is 11.9 Å². The van der Waals surface area contributed by atoms with Crippen LogP contribution in [0.5, 0.6) is 17.2 Å². The molecule has 0 fully saturated rings. The van der Waals surface area contributed by atoms with Crippen LogP contribution in [0.25, 0.3) is 33.2 Å². The fourth-order valence-corrected chi connectivity index (χ4v) is 6.11. The summed E-state index contributed by atoms with van der Waals surface area (Å²) in [6, 6.07) is 47.8. The molecular formula is C44H39N3O4. The first-order valence-electron chi connectivity index (χ1n) is 17.2. The molecule has 7 nitrogen and oxygen atoms in total. The molecule has 3 N–H and O–H groups in total. The summed E-state index contributed by atoms with van der Waals surface area (Å²) >= 11 is 0. The fraction of sp³-hybridized carbons (Fsp3) is 0.136. The Morgan fingerprint density at radius 2 is 1.20 bits per heavy atom. The average molecular weight is 674 g/mol. The van der Waals surface area contributed by atoms with Gasteiger partial charge in [-0.3, -0.25) is 9.89 Å². The van der Waals surface area contributed by atoms with Gasteiger partial charge in [0.05, 0.1) is 16.8 Å². The summed E-state index contributed by atoms with van der Waals surface area (Å²) in [5, 5.41) is 21.9. The first-order chi connectivity index (χ1) is 25.1. The van der Waals surface area contributed by atoms with Gasteiger partial charge >= 0.3 is 0 Å². The van der Waals surface area contributed by atoms with Crippen LogP contribution in [-0.4, -0.2) is 27.8 Å². The van der Waals surface area contributed by atoms with Gasteiger partial charge in [-0.05, 0) is 101 Å². The SMILES string of the molecule is O=C(NCCCCc1n[nH]c2cc(-c3ccc(OCc4ccccc4)cc3)c(-c3ccc(OCc4ccccc4)cc3)cc12)c1ccccc1O. The Kier molecular flexibility index (Phi) is 10.4. The number of phenolic OH excluding ortho intramolecular Hbond substituents is 1. The van der Waals surface area contributed by atoms with Crippen molar-refractivity contribution in [3.05, 3.63) is 168 Å². The summed E-state index contributed by atoms with van der Waals surface area (Å²) in [6.45, 7) is 1.53. The molecule has 0 saturated heterocycles. The number of nitrogens with one attached hydrogen (secondary N) is 2. The Morgan fingerprint density at radius 1 is 0.647 bits per heavy atom. The highest BCUT2D eigenvalue weighted by atomic mass is 16.5. The van der Waals surface area contributed by atoms with Crippen LogP contribution in [0.15, 0.2) is 146 Å². The summed E-state index contributed by atoms with van der Waals surface area (Å²) in [6.07, 6.45) is 2.38. The number of benzene rings is 6. The minimum absolute atomic E-state index is 0.0187. The number of H-pyrrole nitrogens is 1. The lowest BCUT2D eigenvalue weighted by atomic mass is 9.92. The third kappa shape index (κ3) is 8.28. The number of amides is 1. The van der Waals surface area contributed by atoms with E-state index in [-0.39, 0.29) is 17.2 Å². The summed E-state index contributed by atoms with van der Waals surface area (Å²) in [5.74, 6) is 1.33. The minimum atomic E-state index is -0.275. The maximum atomic E-state index is 12.5. The van der Waals surface area contributed by atoms with E-state index >= 15 is 0 Å². The predicted molar refractivity (Wildman–Crippen MR) is 202 cm³/mol. The lowest BCUT2D eigenvalue weighted by Crippen LogP contribution is -2.24. The summed E-state index contributed by atoms with van der Waals surface area (Å²) in [5.41, 5.74) is 8.78. The Hall–Kier alpha value is -6.34. The maximum Gasteiger partial charge on any atom is 0.255 e. The zero-order valence-corrected chi connectivity index (χ0v) is 28.2. The van der Waals surface area contributed by atoms with E-state index in [9.17, 15) is 9.90 Å². The molecule has 254 valence electrons. The third-order valence-corrected chi connectivity index (χ3v) is 8.88. The molecule has 7 aromatic rings. The molecule has 0 aliphatic carbocycles. The van der Waals surface area contributed by atoms with Gasteiger partial charge in [-0.2, -0.15) is 5.10 Å². The molecular weight excluding hydrogens is 635 g/mol. The smallest absolute Gasteiger partial charge is 0.255 e. The number of hydrogen-bond acceptors (Lipinski definition) is 5. The van der Waals surface area contributed by atoms with Gasteiger partial charge in [-0.15, -0.1) is 0 Å². The number of phenols is 1. The van der Waals surface area contributed by atoms with Crippen molar-refractivity contribution in [2.45, 2.75) is 32.5 Å². The van der Waals surface area contributed by atoms with Crippen molar-refractivity contribution < 1.29 is 19.4 Å². The molecule has 7 rings (SSSR count). The second-order valence-corrected chi connectivity index (χ2v) is 12.4. The van der Waals surface area contributed by atoms with Gasteiger partial charge in [0.1, 0.15) is 30.5 Å². The van der Waals surface area contributed by atoms with E-state index in [2.05, 4.69) is 71.1 Å². The van der Waals surface area contributed by atoms with Gasteiger partial charge in [0.15, 0.2) is 0 Å². The molecule has 0 atom stereocenters. The zero-order valence-electron chi connectivity index (χ0n) is 28.2. The summed E-state index contributed by atoms with van der Waals surface area (Å²) in [7, 11) is 0. The van der Waals surface area contributed by atoms with Gasteiger partial charge in [0.25, 0.3) is 5.91 Å². The number of aromatic hydroxyl groups is 1. The van der Waals surface area contributed by atoms with Gasteiger partial charge < -0.3 is 19.9 Å². The first kappa shape index (κ1) is 33.2. The number of nitrogens with zero attached hydrogens (tertiary/aromatic N) is 1. The molecule has 0 aliphatic heterocycles. The molecule has 1 amide bonds. The number of aryl methyl sites for hydroxylation is 1. The fourth-order valence-electron chi connectivity index (χ4n) is 6.11. The number of unbranched alkanes of at least 4 members (excludes halogenated alkanes) is 1. The molecule has 0 saturated carbocycles. The molecule has 1 heterocycles. The number of aromatic amines is 1. The van der Waals surface area contributed by atoms with Crippen molar-refractivity contribution in [3.63, 3.8) is 0 Å². The molecule has 0 radical (unpaired) electrons. The number of fused-ring (bicyclic) bond motifs is 1. The molecule has 6 aromatic carbocycles. The van der Waals surface area contributed by atoms with Crippen LogP contribution < -0.4 is 14.8 Å². The van der Waals surface area contributed by atoms with Crippen LogP contribution in [0.3, 0.4) is 0 Å². The minimum Gasteiger partial charge on any atom is -0.507 e. The quantitative estimate of drug-likeness (QED) is 0.1000. The lowest BCUT2D eigenvalue weighted by molar-refractivity contribution is 0.0950. The molecule has 51 heavy (non-hydrogen) atoms. The third-order valence-electron chi connectivity index (χ3n) is 8.88. The van der Waals surface area contributed by atoms with Crippen LogP contribution >= 0.6 is 0 Å². The molecule has 0 unspecified atom stereocenters. The highest BCUT2D eigenvalue weighted by Crippen LogP contribution is 2.38. The monoisotopic (exact) mass is 673 g/mol. The van der Waals surface area contributed by atoms with Crippen LogP contribution in [-0.2, 0) is 19.6 Å². The van der Waals surface area contributed by atoms with E-state index in [0.29, 0.717) is 19.8 Å². The van der Waals surface area contributed by atoms with E-state index in [0.717, 1.165) is 80.7 Å². The van der Waals surface area contributed by atoms with E-state index in [4.69, 9.17) is 14.6 Å². The normalized spacial score (nSPS) is 11.0. The predicted octanol–water partition coefficient (Wildman–Crippen LogP) is 9.51. The highest BCUT2D eigenvalue weighted by Gasteiger charge is 2.15. The number of carbonyl (C=O) groups is 1. The van der Waals surface area contributed by atoms with Crippen LogP contribution in [0.1, 0.15) is 40.0 Å².